The van der Waals surface area contributed by atoms with Crippen molar-refractivity contribution >= 4 is 17.4 Å². The molecule has 0 spiro atoms. The zero-order chi connectivity index (χ0) is 14.1. The Morgan fingerprint density at radius 2 is 2.30 bits per heavy atom. The topological polar surface area (TPSA) is 59.3 Å². The molecule has 1 aliphatic rings. The number of fused-ring (bicyclic) bond motifs is 1. The van der Waals surface area contributed by atoms with Crippen LogP contribution in [0.3, 0.4) is 0 Å². The van der Waals surface area contributed by atoms with Crippen LogP contribution in [0.25, 0.3) is 5.65 Å². The van der Waals surface area contributed by atoms with E-state index in [4.69, 9.17) is 0 Å². The van der Waals surface area contributed by atoms with E-state index in [0.717, 1.165) is 23.5 Å². The lowest BCUT2D eigenvalue weighted by Crippen LogP contribution is -2.13. The average Bonchev–Trinajstić information content (AvgIpc) is 3.16. The molecule has 0 bridgehead atoms. The van der Waals surface area contributed by atoms with E-state index in [0.29, 0.717) is 12.2 Å². The number of amides is 1. The number of carbonyl (C=O) groups is 1. The summed E-state index contributed by atoms with van der Waals surface area (Å²) >= 11 is 0. The van der Waals surface area contributed by atoms with Crippen LogP contribution < -0.4 is 5.32 Å². The van der Waals surface area contributed by atoms with Gasteiger partial charge in [0.15, 0.2) is 11.5 Å². The highest BCUT2D eigenvalue weighted by atomic mass is 16.1. The maximum absolute atomic E-state index is 12.0. The summed E-state index contributed by atoms with van der Waals surface area (Å²) < 4.78 is 1.73. The lowest BCUT2D eigenvalue weighted by molar-refractivity contribution is -0.116. The number of hydrogen-bond acceptors (Lipinski definition) is 3. The van der Waals surface area contributed by atoms with Crippen molar-refractivity contribution in [3.63, 3.8) is 0 Å². The first-order valence-electron chi connectivity index (χ1n) is 7.28. The monoisotopic (exact) mass is 272 g/mol. The fourth-order valence-electron chi connectivity index (χ4n) is 2.46. The number of aromatic nitrogens is 3. The highest BCUT2D eigenvalue weighted by Crippen LogP contribution is 2.33. The van der Waals surface area contributed by atoms with Gasteiger partial charge in [-0.1, -0.05) is 26.7 Å². The van der Waals surface area contributed by atoms with Crippen LogP contribution in [0, 0.1) is 5.92 Å². The quantitative estimate of drug-likeness (QED) is 0.910. The highest BCUT2D eigenvalue weighted by molar-refractivity contribution is 5.91. The standard InChI is InChI=1S/C15H20N4O/c1-10(2)13-14(17-12(20)7-6-11-4-5-11)18-19-9-3-8-16-15(13)19/h3,8-11H,4-7H2,1-2H3,(H,17,18,20). The van der Waals surface area contributed by atoms with Crippen LogP contribution >= 0.6 is 0 Å². The van der Waals surface area contributed by atoms with Crippen LogP contribution in [0.5, 0.6) is 0 Å². The molecule has 20 heavy (non-hydrogen) atoms. The van der Waals surface area contributed by atoms with Crippen LogP contribution in [0.2, 0.25) is 0 Å². The summed E-state index contributed by atoms with van der Waals surface area (Å²) in [6, 6.07) is 1.84. The molecule has 106 valence electrons. The van der Waals surface area contributed by atoms with E-state index in [1.165, 1.54) is 12.8 Å². The Morgan fingerprint density at radius 3 is 3.00 bits per heavy atom. The van der Waals surface area contributed by atoms with Crippen LogP contribution in [-0.2, 0) is 4.79 Å². The minimum absolute atomic E-state index is 0.0576. The zero-order valence-electron chi connectivity index (χ0n) is 12.0. The Balaban J connectivity index is 1.82. The first-order valence-corrected chi connectivity index (χ1v) is 7.28. The van der Waals surface area contributed by atoms with Crippen molar-refractivity contribution in [2.24, 2.45) is 5.92 Å². The summed E-state index contributed by atoms with van der Waals surface area (Å²) in [5.41, 5.74) is 1.82. The molecule has 0 unspecified atom stereocenters. The molecule has 1 N–H and O–H groups in total. The molecular weight excluding hydrogens is 252 g/mol. The van der Waals surface area contributed by atoms with Crippen molar-refractivity contribution in [1.29, 1.82) is 0 Å². The van der Waals surface area contributed by atoms with Gasteiger partial charge in [0.1, 0.15) is 0 Å². The molecule has 1 aliphatic carbocycles. The van der Waals surface area contributed by atoms with E-state index < -0.39 is 0 Å². The summed E-state index contributed by atoms with van der Waals surface area (Å²) in [4.78, 5) is 16.4. The normalized spacial score (nSPS) is 14.9. The number of anilines is 1. The molecule has 1 saturated carbocycles. The number of hydrogen-bond donors (Lipinski definition) is 1. The van der Waals surface area contributed by atoms with Gasteiger partial charge in [-0.15, -0.1) is 5.10 Å². The molecule has 0 atom stereocenters. The molecule has 5 heteroatoms. The second kappa shape index (κ2) is 5.23. The van der Waals surface area contributed by atoms with E-state index in [1.807, 2.05) is 12.3 Å². The third-order valence-electron chi connectivity index (χ3n) is 3.74. The second-order valence-electron chi connectivity index (χ2n) is 5.84. The molecule has 2 aromatic heterocycles. The van der Waals surface area contributed by atoms with Gasteiger partial charge >= 0.3 is 0 Å². The van der Waals surface area contributed by atoms with Crippen molar-refractivity contribution in [1.82, 2.24) is 14.6 Å². The zero-order valence-corrected chi connectivity index (χ0v) is 12.0. The number of nitrogens with zero attached hydrogens (tertiary/aromatic N) is 3. The number of rotatable bonds is 5. The first kappa shape index (κ1) is 13.1. The van der Waals surface area contributed by atoms with Crippen molar-refractivity contribution < 1.29 is 4.79 Å². The van der Waals surface area contributed by atoms with E-state index in [1.54, 1.807) is 10.7 Å². The minimum atomic E-state index is 0.0576. The van der Waals surface area contributed by atoms with E-state index in [-0.39, 0.29) is 11.8 Å². The molecule has 0 aliphatic heterocycles. The minimum Gasteiger partial charge on any atom is -0.309 e. The van der Waals surface area contributed by atoms with Gasteiger partial charge in [0.05, 0.1) is 0 Å². The van der Waals surface area contributed by atoms with Crippen LogP contribution in [0.1, 0.15) is 51.0 Å². The van der Waals surface area contributed by atoms with Gasteiger partial charge in [-0.25, -0.2) is 9.50 Å². The third kappa shape index (κ3) is 2.66. The molecule has 2 aromatic rings. The fourth-order valence-corrected chi connectivity index (χ4v) is 2.46. The van der Waals surface area contributed by atoms with Crippen molar-refractivity contribution in [2.45, 2.75) is 45.4 Å². The molecule has 1 fully saturated rings. The Hall–Kier alpha value is -1.91. The van der Waals surface area contributed by atoms with E-state index in [9.17, 15) is 4.79 Å². The van der Waals surface area contributed by atoms with Gasteiger partial charge in [0.25, 0.3) is 0 Å². The Labute approximate surface area is 118 Å². The summed E-state index contributed by atoms with van der Waals surface area (Å²) in [5, 5.41) is 7.39. The summed E-state index contributed by atoms with van der Waals surface area (Å²) in [7, 11) is 0. The van der Waals surface area contributed by atoms with Crippen molar-refractivity contribution in [3.05, 3.63) is 24.0 Å². The largest absolute Gasteiger partial charge is 0.309 e. The Morgan fingerprint density at radius 1 is 1.50 bits per heavy atom. The summed E-state index contributed by atoms with van der Waals surface area (Å²) in [6.07, 6.45) is 7.75. The predicted molar refractivity (Wildman–Crippen MR) is 77.7 cm³/mol. The average molecular weight is 272 g/mol. The fraction of sp³-hybridized carbons (Fsp3) is 0.533. The van der Waals surface area contributed by atoms with Gasteiger partial charge in [0, 0.05) is 24.4 Å². The van der Waals surface area contributed by atoms with Crippen LogP contribution in [0.4, 0.5) is 5.82 Å². The van der Waals surface area contributed by atoms with Crippen molar-refractivity contribution in [3.8, 4) is 0 Å². The molecule has 3 rings (SSSR count). The Kier molecular flexibility index (Phi) is 3.42. The first-order chi connectivity index (χ1) is 9.65. The lowest BCUT2D eigenvalue weighted by atomic mass is 10.1. The van der Waals surface area contributed by atoms with Gasteiger partial charge in [-0.3, -0.25) is 4.79 Å². The maximum atomic E-state index is 12.0. The van der Waals surface area contributed by atoms with E-state index >= 15 is 0 Å². The summed E-state index contributed by atoms with van der Waals surface area (Å²) in [6.45, 7) is 4.18. The molecule has 0 aromatic carbocycles. The molecular formula is C15H20N4O. The third-order valence-corrected chi connectivity index (χ3v) is 3.74. The number of nitrogens with one attached hydrogen (secondary N) is 1. The predicted octanol–water partition coefficient (Wildman–Crippen LogP) is 2.98. The van der Waals surface area contributed by atoms with Crippen LogP contribution in [0.15, 0.2) is 18.5 Å². The molecule has 5 nitrogen and oxygen atoms in total. The van der Waals surface area contributed by atoms with Crippen LogP contribution in [-0.4, -0.2) is 20.5 Å². The highest BCUT2D eigenvalue weighted by Gasteiger charge is 2.23. The van der Waals surface area contributed by atoms with Gasteiger partial charge < -0.3 is 5.32 Å². The lowest BCUT2D eigenvalue weighted by Gasteiger charge is -2.07. The van der Waals surface area contributed by atoms with E-state index in [2.05, 4.69) is 29.2 Å². The number of carbonyl (C=O) groups excluding carboxylic acids is 1. The molecule has 0 radical (unpaired) electrons. The van der Waals surface area contributed by atoms with Gasteiger partial charge in [0.2, 0.25) is 5.91 Å². The smallest absolute Gasteiger partial charge is 0.225 e. The second-order valence-corrected chi connectivity index (χ2v) is 5.84. The van der Waals surface area contributed by atoms with Crippen molar-refractivity contribution in [2.75, 3.05) is 5.32 Å². The SMILES string of the molecule is CC(C)c1c(NC(=O)CCC2CC2)nn2cccnc12. The van der Waals surface area contributed by atoms with Gasteiger partial charge in [-0.2, -0.15) is 0 Å². The molecule has 1 amide bonds. The maximum Gasteiger partial charge on any atom is 0.225 e. The molecule has 0 saturated heterocycles. The van der Waals surface area contributed by atoms with Gasteiger partial charge in [-0.05, 0) is 24.3 Å². The summed E-state index contributed by atoms with van der Waals surface area (Å²) in [5.74, 6) is 1.75. The molecule has 2 heterocycles. The Bertz CT molecular complexity index is 628.